The average Bonchev–Trinajstić information content (AvgIpc) is 2.05. The minimum atomic E-state index is -1.62. The van der Waals surface area contributed by atoms with E-state index >= 15 is 0 Å². The van der Waals surface area contributed by atoms with Crippen molar-refractivity contribution in [3.63, 3.8) is 0 Å². The number of aliphatic hydroxyl groups is 1. The third-order valence-corrected chi connectivity index (χ3v) is 1.95. The second kappa shape index (κ2) is 3.23. The summed E-state index contributed by atoms with van der Waals surface area (Å²) in [6.07, 6.45) is 0. The maximum atomic E-state index is 13.4. The Morgan fingerprint density at radius 2 is 1.83 bits per heavy atom. The van der Waals surface area contributed by atoms with E-state index in [9.17, 15) is 4.39 Å². The zero-order chi connectivity index (χ0) is 9.19. The van der Waals surface area contributed by atoms with E-state index in [0.29, 0.717) is 5.56 Å². The molecule has 0 aromatic heterocycles. The van der Waals surface area contributed by atoms with Crippen molar-refractivity contribution in [1.82, 2.24) is 0 Å². The van der Waals surface area contributed by atoms with Gasteiger partial charge in [0.25, 0.3) is 0 Å². The summed E-state index contributed by atoms with van der Waals surface area (Å²) in [5, 5.41) is 8.74. The minimum absolute atomic E-state index is 0.476. The van der Waals surface area contributed by atoms with Crippen molar-refractivity contribution in [3.05, 3.63) is 35.4 Å². The van der Waals surface area contributed by atoms with Gasteiger partial charge in [0.15, 0.2) is 5.67 Å². The number of rotatable bonds is 2. The fraction of sp³-hybridized carbons (Fsp3) is 0.400. The molecule has 0 amide bonds. The van der Waals surface area contributed by atoms with E-state index < -0.39 is 12.3 Å². The topological polar surface area (TPSA) is 20.2 Å². The molecule has 0 heterocycles. The highest BCUT2D eigenvalue weighted by Gasteiger charge is 2.23. The molecular formula is C10H13FO. The number of hydrogen-bond donors (Lipinski definition) is 1. The van der Waals surface area contributed by atoms with Crippen LogP contribution in [-0.2, 0) is 5.67 Å². The molecule has 12 heavy (non-hydrogen) atoms. The molecule has 1 aromatic rings. The van der Waals surface area contributed by atoms with Gasteiger partial charge in [0, 0.05) is 0 Å². The van der Waals surface area contributed by atoms with Gasteiger partial charge in [0.05, 0.1) is 6.61 Å². The zero-order valence-electron chi connectivity index (χ0n) is 7.34. The molecule has 0 saturated heterocycles. The second-order valence-corrected chi connectivity index (χ2v) is 3.22. The Kier molecular flexibility index (Phi) is 2.48. The number of alkyl halides is 1. The first kappa shape index (κ1) is 9.20. The minimum Gasteiger partial charge on any atom is -0.393 e. The molecule has 0 aliphatic rings. The van der Waals surface area contributed by atoms with Crippen molar-refractivity contribution >= 4 is 0 Å². The maximum absolute atomic E-state index is 13.4. The normalized spacial score (nSPS) is 15.7. The monoisotopic (exact) mass is 168 g/mol. The van der Waals surface area contributed by atoms with Crippen LogP contribution >= 0.6 is 0 Å². The molecule has 0 bridgehead atoms. The summed E-state index contributed by atoms with van der Waals surface area (Å²) in [6.45, 7) is 2.84. The van der Waals surface area contributed by atoms with Gasteiger partial charge in [-0.3, -0.25) is 0 Å². The van der Waals surface area contributed by atoms with Crippen molar-refractivity contribution in [2.24, 2.45) is 0 Å². The summed E-state index contributed by atoms with van der Waals surface area (Å²) >= 11 is 0. The van der Waals surface area contributed by atoms with Crippen LogP contribution < -0.4 is 0 Å². The third-order valence-electron chi connectivity index (χ3n) is 1.95. The van der Waals surface area contributed by atoms with Crippen LogP contribution in [0.3, 0.4) is 0 Å². The van der Waals surface area contributed by atoms with E-state index in [4.69, 9.17) is 5.11 Å². The van der Waals surface area contributed by atoms with Crippen LogP contribution in [0.25, 0.3) is 0 Å². The van der Waals surface area contributed by atoms with Crippen molar-refractivity contribution < 1.29 is 9.50 Å². The third kappa shape index (κ3) is 1.83. The fourth-order valence-corrected chi connectivity index (χ4v) is 0.992. The molecular weight excluding hydrogens is 155 g/mol. The maximum Gasteiger partial charge on any atom is 0.156 e. The van der Waals surface area contributed by atoms with Gasteiger partial charge in [0.1, 0.15) is 0 Å². The predicted octanol–water partition coefficient (Wildman–Crippen LogP) is 2.17. The molecule has 0 unspecified atom stereocenters. The predicted molar refractivity (Wildman–Crippen MR) is 46.7 cm³/mol. The van der Waals surface area contributed by atoms with Crippen molar-refractivity contribution in [3.8, 4) is 0 Å². The van der Waals surface area contributed by atoms with Gasteiger partial charge in [-0.1, -0.05) is 29.8 Å². The Labute approximate surface area is 71.9 Å². The van der Waals surface area contributed by atoms with Crippen LogP contribution in [0.2, 0.25) is 0 Å². The molecule has 1 rings (SSSR count). The molecule has 1 aromatic carbocycles. The Balaban J connectivity index is 2.96. The standard InChI is InChI=1S/C10H13FO/c1-8-3-5-9(6-4-8)10(2,11)7-12/h3-6,12H,7H2,1-2H3/t10-/m1/s1. The molecule has 0 spiro atoms. The largest absolute Gasteiger partial charge is 0.393 e. The van der Waals surface area contributed by atoms with Crippen molar-refractivity contribution in [1.29, 1.82) is 0 Å². The van der Waals surface area contributed by atoms with Crippen LogP contribution in [0, 0.1) is 6.92 Å². The molecule has 0 aliphatic heterocycles. The Hall–Kier alpha value is -0.890. The van der Waals surface area contributed by atoms with Gasteiger partial charge in [-0.2, -0.15) is 0 Å². The molecule has 0 aliphatic carbocycles. The molecule has 0 fully saturated rings. The van der Waals surface area contributed by atoms with Gasteiger partial charge in [-0.15, -0.1) is 0 Å². The number of aryl methyl sites for hydroxylation is 1. The summed E-state index contributed by atoms with van der Waals surface area (Å²) in [4.78, 5) is 0. The molecule has 1 N–H and O–H groups in total. The lowest BCUT2D eigenvalue weighted by Crippen LogP contribution is -2.19. The first-order chi connectivity index (χ1) is 5.56. The molecule has 0 saturated carbocycles. The van der Waals surface area contributed by atoms with Crippen LogP contribution in [-0.4, -0.2) is 11.7 Å². The summed E-state index contributed by atoms with van der Waals surface area (Å²) in [7, 11) is 0. The second-order valence-electron chi connectivity index (χ2n) is 3.22. The first-order valence-corrected chi connectivity index (χ1v) is 3.93. The van der Waals surface area contributed by atoms with E-state index in [0.717, 1.165) is 5.56 Å². The van der Waals surface area contributed by atoms with E-state index in [2.05, 4.69) is 0 Å². The molecule has 1 nitrogen and oxygen atoms in total. The van der Waals surface area contributed by atoms with Gasteiger partial charge < -0.3 is 5.11 Å². The van der Waals surface area contributed by atoms with Crippen LogP contribution in [0.4, 0.5) is 4.39 Å². The van der Waals surface area contributed by atoms with Crippen molar-refractivity contribution in [2.45, 2.75) is 19.5 Å². The van der Waals surface area contributed by atoms with E-state index in [-0.39, 0.29) is 0 Å². The smallest absolute Gasteiger partial charge is 0.156 e. The van der Waals surface area contributed by atoms with E-state index in [1.165, 1.54) is 6.92 Å². The Morgan fingerprint density at radius 3 is 2.25 bits per heavy atom. The van der Waals surface area contributed by atoms with Crippen LogP contribution in [0.5, 0.6) is 0 Å². The lowest BCUT2D eigenvalue weighted by molar-refractivity contribution is 0.0868. The summed E-state index contributed by atoms with van der Waals surface area (Å²) in [5.41, 5.74) is -0.00339. The first-order valence-electron chi connectivity index (χ1n) is 3.93. The van der Waals surface area contributed by atoms with Crippen LogP contribution in [0.1, 0.15) is 18.1 Å². The summed E-state index contributed by atoms with van der Waals surface area (Å²) in [6, 6.07) is 7.07. The van der Waals surface area contributed by atoms with Crippen LogP contribution in [0.15, 0.2) is 24.3 Å². The summed E-state index contributed by atoms with van der Waals surface area (Å²) in [5.74, 6) is 0. The molecule has 1 atom stereocenters. The van der Waals surface area contributed by atoms with Gasteiger partial charge >= 0.3 is 0 Å². The summed E-state index contributed by atoms with van der Waals surface area (Å²) < 4.78 is 13.4. The Morgan fingerprint density at radius 1 is 1.33 bits per heavy atom. The fourth-order valence-electron chi connectivity index (χ4n) is 0.992. The average molecular weight is 168 g/mol. The van der Waals surface area contributed by atoms with Gasteiger partial charge in [0.2, 0.25) is 0 Å². The molecule has 2 heteroatoms. The molecule has 66 valence electrons. The van der Waals surface area contributed by atoms with Gasteiger partial charge in [-0.25, -0.2) is 4.39 Å². The highest BCUT2D eigenvalue weighted by atomic mass is 19.1. The lowest BCUT2D eigenvalue weighted by Gasteiger charge is -2.17. The highest BCUT2D eigenvalue weighted by molar-refractivity contribution is 5.25. The zero-order valence-corrected chi connectivity index (χ0v) is 7.34. The SMILES string of the molecule is Cc1ccc([C@](C)(F)CO)cc1. The van der Waals surface area contributed by atoms with Gasteiger partial charge in [-0.05, 0) is 19.4 Å². The quantitative estimate of drug-likeness (QED) is 0.717. The number of aliphatic hydroxyl groups excluding tert-OH is 1. The molecule has 0 radical (unpaired) electrons. The lowest BCUT2D eigenvalue weighted by atomic mass is 9.98. The van der Waals surface area contributed by atoms with E-state index in [1.807, 2.05) is 19.1 Å². The van der Waals surface area contributed by atoms with Crippen molar-refractivity contribution in [2.75, 3.05) is 6.61 Å². The van der Waals surface area contributed by atoms with E-state index in [1.54, 1.807) is 12.1 Å². The number of benzene rings is 1. The highest BCUT2D eigenvalue weighted by Crippen LogP contribution is 2.24. The Bertz CT molecular complexity index is 251. The number of hydrogen-bond acceptors (Lipinski definition) is 1. The number of halogens is 1.